The van der Waals surface area contributed by atoms with Gasteiger partial charge in [0.2, 0.25) is 0 Å². The molecule has 5 rings (SSSR count). The van der Waals surface area contributed by atoms with Crippen molar-refractivity contribution < 1.29 is 18.7 Å². The van der Waals surface area contributed by atoms with Gasteiger partial charge in [-0.15, -0.1) is 0 Å². The molecule has 1 atom stereocenters. The molecule has 5 aromatic rings. The molecule has 0 aliphatic carbocycles. The molecular formula is C40H51FN6O3. The number of hydrogen-bond donors (Lipinski definition) is 2. The van der Waals surface area contributed by atoms with Crippen molar-refractivity contribution in [3.05, 3.63) is 95.3 Å². The van der Waals surface area contributed by atoms with Gasteiger partial charge in [-0.25, -0.2) is 18.9 Å². The molecule has 0 unspecified atom stereocenters. The minimum absolute atomic E-state index is 0.0216. The molecule has 50 heavy (non-hydrogen) atoms. The summed E-state index contributed by atoms with van der Waals surface area (Å²) in [5, 5.41) is 8.95. The number of nitrogens with zero attached hydrogens (tertiary/aromatic N) is 4. The summed E-state index contributed by atoms with van der Waals surface area (Å²) >= 11 is 0. The molecule has 0 saturated heterocycles. The van der Waals surface area contributed by atoms with Gasteiger partial charge in [-0.2, -0.15) is 5.10 Å². The van der Waals surface area contributed by atoms with E-state index >= 15 is 4.39 Å². The maximum atomic E-state index is 15.5. The Hall–Kier alpha value is -4.83. The molecule has 0 bridgehead atoms. The van der Waals surface area contributed by atoms with Crippen LogP contribution >= 0.6 is 0 Å². The number of nitrogens with one attached hydrogen (secondary N) is 2. The van der Waals surface area contributed by atoms with E-state index in [9.17, 15) is 4.79 Å². The van der Waals surface area contributed by atoms with Crippen LogP contribution in [0.25, 0.3) is 28.5 Å². The first kappa shape index (κ1) is 38.0. The fourth-order valence-corrected chi connectivity index (χ4v) is 6.21. The molecule has 2 aromatic carbocycles. The van der Waals surface area contributed by atoms with E-state index in [0.717, 1.165) is 31.4 Å². The number of aromatic nitrogens is 5. The van der Waals surface area contributed by atoms with E-state index in [4.69, 9.17) is 19.6 Å². The van der Waals surface area contributed by atoms with Crippen molar-refractivity contribution >= 4 is 22.9 Å². The van der Waals surface area contributed by atoms with Crippen LogP contribution in [0, 0.1) is 18.2 Å². The van der Waals surface area contributed by atoms with Crippen molar-refractivity contribution in [1.82, 2.24) is 30.0 Å². The van der Waals surface area contributed by atoms with Crippen molar-refractivity contribution in [2.24, 2.45) is 12.5 Å². The lowest BCUT2D eigenvalue weighted by Crippen LogP contribution is -2.29. The first-order valence-electron chi connectivity index (χ1n) is 17.4. The summed E-state index contributed by atoms with van der Waals surface area (Å²) in [4.78, 5) is 24.8. The molecule has 0 fully saturated rings. The molecule has 0 saturated carbocycles. The minimum atomic E-state index is -0.584. The number of aromatic amines is 1. The molecule has 10 heteroatoms. The van der Waals surface area contributed by atoms with Gasteiger partial charge in [0.25, 0.3) is 0 Å². The van der Waals surface area contributed by atoms with Crippen molar-refractivity contribution in [3.8, 4) is 23.0 Å². The molecule has 3 aromatic heterocycles. The van der Waals surface area contributed by atoms with Crippen LogP contribution in [0.1, 0.15) is 83.3 Å². The number of pyridine rings is 1. The van der Waals surface area contributed by atoms with Crippen LogP contribution in [0.5, 0.6) is 11.5 Å². The van der Waals surface area contributed by atoms with E-state index in [-0.39, 0.29) is 17.8 Å². The molecule has 0 spiro atoms. The van der Waals surface area contributed by atoms with E-state index in [1.54, 1.807) is 42.2 Å². The fraction of sp³-hybridized carbons (Fsp3) is 0.400. The van der Waals surface area contributed by atoms with Crippen LogP contribution in [0.2, 0.25) is 0 Å². The van der Waals surface area contributed by atoms with Crippen molar-refractivity contribution in [1.29, 1.82) is 0 Å². The quantitative estimate of drug-likeness (QED) is 0.0890. The molecule has 0 radical (unpaired) electrons. The van der Waals surface area contributed by atoms with Crippen LogP contribution in [0.15, 0.2) is 67.0 Å². The average Bonchev–Trinajstić information content (AvgIpc) is 3.72. The largest absolute Gasteiger partial charge is 0.463 e. The van der Waals surface area contributed by atoms with Crippen molar-refractivity contribution in [3.63, 3.8) is 0 Å². The molecule has 3 heterocycles. The number of aryl methyl sites for hydroxylation is 2. The molecule has 0 aliphatic heterocycles. The molecule has 9 nitrogen and oxygen atoms in total. The smallest absolute Gasteiger partial charge is 0.330 e. The lowest BCUT2D eigenvalue weighted by molar-refractivity contribution is -0.137. The van der Waals surface area contributed by atoms with Gasteiger partial charge >= 0.3 is 5.97 Å². The number of benzene rings is 2. The number of rotatable bonds is 14. The Labute approximate surface area is 295 Å². The van der Waals surface area contributed by atoms with Crippen LogP contribution in [0.4, 0.5) is 4.39 Å². The fourth-order valence-electron chi connectivity index (χ4n) is 6.21. The number of ether oxygens (including phenoxy) is 2. The van der Waals surface area contributed by atoms with E-state index in [1.165, 1.54) is 23.8 Å². The summed E-state index contributed by atoms with van der Waals surface area (Å²) in [5.41, 5.74) is 3.57. The zero-order chi connectivity index (χ0) is 36.5. The highest BCUT2D eigenvalue weighted by Crippen LogP contribution is 2.39. The van der Waals surface area contributed by atoms with Gasteiger partial charge < -0.3 is 19.8 Å². The Bertz CT molecular complexity index is 1930. The summed E-state index contributed by atoms with van der Waals surface area (Å²) in [7, 11) is 3.84. The van der Waals surface area contributed by atoms with Gasteiger partial charge in [-0.3, -0.25) is 4.98 Å². The maximum Gasteiger partial charge on any atom is 0.330 e. The van der Waals surface area contributed by atoms with E-state index < -0.39 is 17.2 Å². The normalized spacial score (nSPS) is 12.8. The molecule has 0 aliphatic rings. The second-order valence-corrected chi connectivity index (χ2v) is 13.2. The maximum absolute atomic E-state index is 15.5. The zero-order valence-electron chi connectivity index (χ0n) is 30.9. The third-order valence-electron chi connectivity index (χ3n) is 8.75. The van der Waals surface area contributed by atoms with Crippen LogP contribution in [-0.4, -0.2) is 50.9 Å². The monoisotopic (exact) mass is 682 g/mol. The van der Waals surface area contributed by atoms with E-state index in [1.807, 2.05) is 27.9 Å². The highest BCUT2D eigenvalue weighted by Gasteiger charge is 2.35. The summed E-state index contributed by atoms with van der Waals surface area (Å²) < 4.78 is 28.5. The number of esters is 1. The number of carbonyl (C=O) groups is 1. The van der Waals surface area contributed by atoms with Crippen LogP contribution < -0.4 is 10.1 Å². The van der Waals surface area contributed by atoms with Gasteiger partial charge in [0.15, 0.2) is 23.2 Å². The third-order valence-corrected chi connectivity index (χ3v) is 8.75. The Morgan fingerprint density at radius 3 is 2.60 bits per heavy atom. The zero-order valence-corrected chi connectivity index (χ0v) is 30.9. The predicted molar refractivity (Wildman–Crippen MR) is 199 cm³/mol. The van der Waals surface area contributed by atoms with Gasteiger partial charge in [0.05, 0.1) is 12.0 Å². The van der Waals surface area contributed by atoms with Crippen molar-refractivity contribution in [2.75, 3.05) is 20.2 Å². The Morgan fingerprint density at radius 2 is 1.88 bits per heavy atom. The standard InChI is InChI=1S/C38H45FN6O3.C2H6/c1-8-47-33(46)14-13-29-28-16-20-41-31(28)23-30(39)34(29)48-27-15-19-42-32(22-27)35-43-36(44-45(35)7)38(5,26-12-9-11-25(2)21-26)18-10-17-37(3,4)24-40-6;1-2/h9,11-16,19-23,40-41H,8,10,17-18,24H2,1-7H3;1-2H3/b14-13+;/t38-;/m1./s1. The summed E-state index contributed by atoms with van der Waals surface area (Å²) in [5.74, 6) is 0.498. The van der Waals surface area contributed by atoms with Gasteiger partial charge in [-0.05, 0) is 76.4 Å². The summed E-state index contributed by atoms with van der Waals surface area (Å²) in [6, 6.07) is 15.1. The van der Waals surface area contributed by atoms with Crippen LogP contribution in [0.3, 0.4) is 0 Å². The van der Waals surface area contributed by atoms with Gasteiger partial charge in [-0.1, -0.05) is 63.9 Å². The predicted octanol–water partition coefficient (Wildman–Crippen LogP) is 8.92. The van der Waals surface area contributed by atoms with Gasteiger partial charge in [0.1, 0.15) is 11.4 Å². The number of carbonyl (C=O) groups excluding carboxylic acids is 1. The lowest BCUT2D eigenvalue weighted by Gasteiger charge is -2.30. The molecule has 2 N–H and O–H groups in total. The summed E-state index contributed by atoms with van der Waals surface area (Å²) in [6.07, 6.45) is 9.01. The minimum Gasteiger partial charge on any atom is -0.463 e. The molecule has 0 amide bonds. The average molecular weight is 683 g/mol. The first-order valence-corrected chi connectivity index (χ1v) is 17.4. The second-order valence-electron chi connectivity index (χ2n) is 13.2. The second kappa shape index (κ2) is 16.7. The van der Waals surface area contributed by atoms with Crippen molar-refractivity contribution in [2.45, 2.75) is 73.1 Å². The lowest BCUT2D eigenvalue weighted by atomic mass is 9.75. The highest BCUT2D eigenvalue weighted by atomic mass is 19.1. The SMILES string of the molecule is CC.CCOC(=O)/C=C/c1c(Oc2ccnc(-c3nc([C@](C)(CCCC(C)(C)CNC)c4cccc(C)c4)nn3C)c2)c(F)cc2[nH]ccc12. The molecular weight excluding hydrogens is 631 g/mol. The number of fused-ring (bicyclic) bond motifs is 1. The Balaban J connectivity index is 0.00000276. The third kappa shape index (κ3) is 8.84. The Morgan fingerprint density at radius 1 is 1.10 bits per heavy atom. The van der Waals surface area contributed by atoms with E-state index in [0.29, 0.717) is 39.6 Å². The highest BCUT2D eigenvalue weighted by molar-refractivity contribution is 5.96. The number of hydrogen-bond acceptors (Lipinski definition) is 7. The summed E-state index contributed by atoms with van der Waals surface area (Å²) in [6.45, 7) is 15.8. The first-order chi connectivity index (χ1) is 23.9. The van der Waals surface area contributed by atoms with Gasteiger partial charge in [0, 0.05) is 54.1 Å². The number of halogens is 1. The topological polar surface area (TPSA) is 107 Å². The number of H-pyrrole nitrogens is 1. The van der Waals surface area contributed by atoms with Crippen LogP contribution in [-0.2, 0) is 22.0 Å². The molecule has 266 valence electrons. The van der Waals surface area contributed by atoms with E-state index in [2.05, 4.69) is 67.2 Å². The Kier molecular flexibility index (Phi) is 12.7.